The van der Waals surface area contributed by atoms with E-state index in [2.05, 4.69) is 24.5 Å². The van der Waals surface area contributed by atoms with Crippen LogP contribution >= 0.6 is 11.6 Å². The van der Waals surface area contributed by atoms with Crippen molar-refractivity contribution >= 4 is 23.2 Å². The fraction of sp³-hybridized carbons (Fsp3) is 0.588. The summed E-state index contributed by atoms with van der Waals surface area (Å²) >= 11 is 6.10. The largest absolute Gasteiger partial charge is 0.495 e. The number of nitrogens with zero attached hydrogens (tertiary/aromatic N) is 1. The molecule has 5 nitrogen and oxygen atoms in total. The minimum Gasteiger partial charge on any atom is -0.495 e. The SMILES string of the molecule is COc1ccc(Cl)cc1NC(=N[C@H]1CCCC[C@@H]1N)NC(C)C. The van der Waals surface area contributed by atoms with E-state index < -0.39 is 0 Å². The van der Waals surface area contributed by atoms with Crippen molar-refractivity contribution in [3.05, 3.63) is 23.2 Å². The lowest BCUT2D eigenvalue weighted by Crippen LogP contribution is -2.42. The first-order chi connectivity index (χ1) is 11.0. The molecule has 0 bridgehead atoms. The van der Waals surface area contributed by atoms with Gasteiger partial charge in [-0.1, -0.05) is 24.4 Å². The molecule has 6 heteroatoms. The van der Waals surface area contributed by atoms with E-state index in [-0.39, 0.29) is 18.1 Å². The maximum absolute atomic E-state index is 6.22. The Morgan fingerprint density at radius 3 is 2.74 bits per heavy atom. The van der Waals surface area contributed by atoms with Crippen LogP contribution in [-0.4, -0.2) is 31.2 Å². The Morgan fingerprint density at radius 2 is 2.09 bits per heavy atom. The second-order valence-electron chi connectivity index (χ2n) is 6.26. The van der Waals surface area contributed by atoms with Crippen molar-refractivity contribution in [1.29, 1.82) is 0 Å². The summed E-state index contributed by atoms with van der Waals surface area (Å²) in [7, 11) is 1.64. The Bertz CT molecular complexity index is 547. The highest BCUT2D eigenvalue weighted by molar-refractivity contribution is 6.31. The molecule has 1 aromatic rings. The topological polar surface area (TPSA) is 71.7 Å². The summed E-state index contributed by atoms with van der Waals surface area (Å²) < 4.78 is 5.39. The molecule has 0 heterocycles. The molecule has 0 spiro atoms. The minimum atomic E-state index is 0.121. The van der Waals surface area contributed by atoms with Crippen molar-refractivity contribution < 1.29 is 4.74 Å². The molecular weight excluding hydrogens is 312 g/mol. The van der Waals surface area contributed by atoms with Crippen molar-refractivity contribution in [2.75, 3.05) is 12.4 Å². The van der Waals surface area contributed by atoms with Crippen LogP contribution in [0.3, 0.4) is 0 Å². The van der Waals surface area contributed by atoms with Gasteiger partial charge in [-0.05, 0) is 44.9 Å². The lowest BCUT2D eigenvalue weighted by atomic mass is 9.91. The van der Waals surface area contributed by atoms with E-state index in [4.69, 9.17) is 27.1 Å². The molecule has 2 rings (SSSR count). The fourth-order valence-electron chi connectivity index (χ4n) is 2.75. The summed E-state index contributed by atoms with van der Waals surface area (Å²) in [5, 5.41) is 7.31. The van der Waals surface area contributed by atoms with Crippen molar-refractivity contribution in [1.82, 2.24) is 5.32 Å². The maximum Gasteiger partial charge on any atom is 0.196 e. The van der Waals surface area contributed by atoms with Gasteiger partial charge in [0.15, 0.2) is 5.96 Å². The molecule has 128 valence electrons. The van der Waals surface area contributed by atoms with Crippen LogP contribution in [0.5, 0.6) is 5.75 Å². The van der Waals surface area contributed by atoms with Gasteiger partial charge in [0, 0.05) is 17.1 Å². The lowest BCUT2D eigenvalue weighted by Gasteiger charge is -2.27. The molecule has 2 atom stereocenters. The van der Waals surface area contributed by atoms with Gasteiger partial charge in [-0.25, -0.2) is 4.99 Å². The first kappa shape index (κ1) is 17.9. The zero-order chi connectivity index (χ0) is 16.8. The Kier molecular flexibility index (Phi) is 6.54. The summed E-state index contributed by atoms with van der Waals surface area (Å²) in [5.41, 5.74) is 7.01. The highest BCUT2D eigenvalue weighted by Crippen LogP contribution is 2.28. The molecule has 0 amide bonds. The van der Waals surface area contributed by atoms with Gasteiger partial charge in [-0.15, -0.1) is 0 Å². The van der Waals surface area contributed by atoms with Gasteiger partial charge in [0.05, 0.1) is 18.8 Å². The molecular formula is C17H27ClN4O. The molecule has 23 heavy (non-hydrogen) atoms. The van der Waals surface area contributed by atoms with Crippen LogP contribution in [0.15, 0.2) is 23.2 Å². The van der Waals surface area contributed by atoms with E-state index in [0.29, 0.717) is 11.0 Å². The second kappa shape index (κ2) is 8.41. The molecule has 0 aromatic heterocycles. The Morgan fingerprint density at radius 1 is 1.35 bits per heavy atom. The zero-order valence-electron chi connectivity index (χ0n) is 14.1. The lowest BCUT2D eigenvalue weighted by molar-refractivity contribution is 0.385. The number of methoxy groups -OCH3 is 1. The van der Waals surface area contributed by atoms with Gasteiger partial charge in [-0.3, -0.25) is 0 Å². The summed E-state index contributed by atoms with van der Waals surface area (Å²) in [6.45, 7) is 4.15. The summed E-state index contributed by atoms with van der Waals surface area (Å²) in [5.74, 6) is 1.43. The smallest absolute Gasteiger partial charge is 0.196 e. The molecule has 0 radical (unpaired) electrons. The monoisotopic (exact) mass is 338 g/mol. The molecule has 0 aliphatic heterocycles. The Labute approximate surface area is 143 Å². The van der Waals surface area contributed by atoms with Gasteiger partial charge in [0.25, 0.3) is 0 Å². The molecule has 1 saturated carbocycles. The predicted molar refractivity (Wildman–Crippen MR) is 97.6 cm³/mol. The molecule has 1 aliphatic rings. The quantitative estimate of drug-likeness (QED) is 0.581. The van der Waals surface area contributed by atoms with E-state index in [0.717, 1.165) is 24.3 Å². The van der Waals surface area contributed by atoms with Crippen LogP contribution in [0.25, 0.3) is 0 Å². The Balaban J connectivity index is 2.23. The molecule has 0 saturated heterocycles. The highest BCUT2D eigenvalue weighted by Gasteiger charge is 2.22. The average Bonchev–Trinajstić information content (AvgIpc) is 2.49. The maximum atomic E-state index is 6.22. The fourth-order valence-corrected chi connectivity index (χ4v) is 2.92. The molecule has 0 unspecified atom stereocenters. The molecule has 4 N–H and O–H groups in total. The molecule has 1 aromatic carbocycles. The van der Waals surface area contributed by atoms with Crippen molar-refractivity contribution in [3.63, 3.8) is 0 Å². The summed E-state index contributed by atoms with van der Waals surface area (Å²) in [6, 6.07) is 5.99. The van der Waals surface area contributed by atoms with Crippen LogP contribution < -0.4 is 21.1 Å². The first-order valence-electron chi connectivity index (χ1n) is 8.20. The standard InChI is InChI=1S/C17H27ClN4O/c1-11(2)20-17(21-14-7-5-4-6-13(14)19)22-15-10-12(18)8-9-16(15)23-3/h8-11,13-14H,4-7,19H2,1-3H3,(H2,20,21,22)/t13-,14-/m0/s1. The number of aliphatic imine (C=N–C) groups is 1. The third kappa shape index (κ3) is 5.29. The number of nitrogens with two attached hydrogens (primary N) is 1. The third-order valence-electron chi connectivity index (χ3n) is 3.92. The third-order valence-corrected chi connectivity index (χ3v) is 4.15. The van der Waals surface area contributed by atoms with Crippen molar-refractivity contribution in [3.8, 4) is 5.75 Å². The predicted octanol–water partition coefficient (Wildman–Crippen LogP) is 3.38. The number of ether oxygens (including phenoxy) is 1. The van der Waals surface area contributed by atoms with Crippen LogP contribution in [0.1, 0.15) is 39.5 Å². The number of hydrogen-bond acceptors (Lipinski definition) is 3. The number of nitrogens with one attached hydrogen (secondary N) is 2. The van der Waals surface area contributed by atoms with E-state index in [1.807, 2.05) is 12.1 Å². The first-order valence-corrected chi connectivity index (χ1v) is 8.58. The van der Waals surface area contributed by atoms with Gasteiger partial charge >= 0.3 is 0 Å². The molecule has 1 fully saturated rings. The number of halogens is 1. The highest BCUT2D eigenvalue weighted by atomic mass is 35.5. The van der Waals surface area contributed by atoms with E-state index in [9.17, 15) is 0 Å². The number of anilines is 1. The second-order valence-corrected chi connectivity index (χ2v) is 6.70. The van der Waals surface area contributed by atoms with Crippen LogP contribution in [0.2, 0.25) is 5.02 Å². The van der Waals surface area contributed by atoms with Gasteiger partial charge in [0.1, 0.15) is 5.75 Å². The summed E-state index contributed by atoms with van der Waals surface area (Å²) in [4.78, 5) is 4.83. The van der Waals surface area contributed by atoms with E-state index in [1.54, 1.807) is 13.2 Å². The van der Waals surface area contributed by atoms with Gasteiger partial charge in [-0.2, -0.15) is 0 Å². The zero-order valence-corrected chi connectivity index (χ0v) is 14.9. The van der Waals surface area contributed by atoms with Crippen molar-refractivity contribution in [2.45, 2.75) is 57.7 Å². The Hall–Kier alpha value is -1.46. The number of hydrogen-bond donors (Lipinski definition) is 3. The van der Waals surface area contributed by atoms with Gasteiger partial charge < -0.3 is 21.1 Å². The van der Waals surface area contributed by atoms with Crippen LogP contribution in [-0.2, 0) is 0 Å². The van der Waals surface area contributed by atoms with Gasteiger partial charge in [0.2, 0.25) is 0 Å². The van der Waals surface area contributed by atoms with Crippen LogP contribution in [0, 0.1) is 0 Å². The van der Waals surface area contributed by atoms with E-state index >= 15 is 0 Å². The van der Waals surface area contributed by atoms with Crippen molar-refractivity contribution in [2.24, 2.45) is 10.7 Å². The average molecular weight is 339 g/mol. The van der Waals surface area contributed by atoms with Crippen LogP contribution in [0.4, 0.5) is 5.69 Å². The molecule has 1 aliphatic carbocycles. The number of rotatable bonds is 4. The number of guanidine groups is 1. The normalized spacial score (nSPS) is 22.1. The number of benzene rings is 1. The van der Waals surface area contributed by atoms with E-state index in [1.165, 1.54) is 12.8 Å². The minimum absolute atomic E-state index is 0.121. The summed E-state index contributed by atoms with van der Waals surface area (Å²) in [6.07, 6.45) is 4.43.